The van der Waals surface area contributed by atoms with Crippen molar-refractivity contribution in [2.45, 2.75) is 38.6 Å². The monoisotopic (exact) mass is 326 g/mol. The Morgan fingerprint density at radius 1 is 1.46 bits per heavy atom. The van der Waals surface area contributed by atoms with E-state index in [0.717, 1.165) is 42.8 Å². The van der Waals surface area contributed by atoms with Gasteiger partial charge < -0.3 is 15.4 Å². The molecule has 1 aliphatic carbocycles. The Labute approximate surface area is 144 Å². The fourth-order valence-corrected chi connectivity index (χ4v) is 3.44. The fourth-order valence-electron chi connectivity index (χ4n) is 3.44. The summed E-state index contributed by atoms with van der Waals surface area (Å²) >= 11 is 0. The van der Waals surface area contributed by atoms with Gasteiger partial charge in [0.1, 0.15) is 6.61 Å². The van der Waals surface area contributed by atoms with Crippen LogP contribution in [0.3, 0.4) is 0 Å². The molecule has 1 saturated heterocycles. The molecule has 0 saturated carbocycles. The molecular formula is C20H26N2O2. The summed E-state index contributed by atoms with van der Waals surface area (Å²) in [6.07, 6.45) is 8.14. The number of hydrogen-bond acceptors (Lipinski definition) is 4. The molecule has 2 heterocycles. The van der Waals surface area contributed by atoms with Crippen molar-refractivity contribution in [2.75, 3.05) is 19.7 Å². The Kier molecular flexibility index (Phi) is 4.76. The number of carbonyl (C=O) groups excluding carboxylic acids is 1. The van der Waals surface area contributed by atoms with Crippen molar-refractivity contribution in [3.63, 3.8) is 0 Å². The molecular weight excluding hydrogens is 300 g/mol. The van der Waals surface area contributed by atoms with E-state index < -0.39 is 0 Å². The third kappa shape index (κ3) is 3.39. The Hall–Kier alpha value is -2.07. The highest BCUT2D eigenvalue weighted by molar-refractivity contribution is 5.74. The second-order valence-electron chi connectivity index (χ2n) is 6.91. The summed E-state index contributed by atoms with van der Waals surface area (Å²) in [5.74, 6) is -0.139. The first-order chi connectivity index (χ1) is 11.5. The van der Waals surface area contributed by atoms with Crippen LogP contribution in [0.1, 0.15) is 32.6 Å². The zero-order valence-corrected chi connectivity index (χ0v) is 14.4. The van der Waals surface area contributed by atoms with Crippen LogP contribution in [0.4, 0.5) is 0 Å². The van der Waals surface area contributed by atoms with Crippen LogP contribution in [0.15, 0.2) is 58.9 Å². The minimum Gasteiger partial charge on any atom is -0.461 e. The van der Waals surface area contributed by atoms with E-state index in [2.05, 4.69) is 30.2 Å². The van der Waals surface area contributed by atoms with Gasteiger partial charge in [0.25, 0.3) is 0 Å². The first kappa shape index (κ1) is 16.8. The Morgan fingerprint density at radius 2 is 2.25 bits per heavy atom. The summed E-state index contributed by atoms with van der Waals surface area (Å²) < 4.78 is 5.18. The Morgan fingerprint density at radius 3 is 2.96 bits per heavy atom. The van der Waals surface area contributed by atoms with Gasteiger partial charge in [0.15, 0.2) is 0 Å². The lowest BCUT2D eigenvalue weighted by Gasteiger charge is -2.24. The molecule has 1 atom stereocenters. The highest BCUT2D eigenvalue weighted by Gasteiger charge is 2.27. The van der Waals surface area contributed by atoms with Gasteiger partial charge >= 0.3 is 5.97 Å². The third-order valence-corrected chi connectivity index (χ3v) is 5.15. The van der Waals surface area contributed by atoms with Crippen LogP contribution in [0.2, 0.25) is 0 Å². The number of rotatable bonds is 3. The molecule has 4 heteroatoms. The van der Waals surface area contributed by atoms with E-state index in [9.17, 15) is 4.79 Å². The van der Waals surface area contributed by atoms with Crippen molar-refractivity contribution >= 4 is 5.97 Å². The normalized spacial score (nSPS) is 27.0. The average Bonchev–Trinajstić information content (AvgIpc) is 2.80. The zero-order chi connectivity index (χ0) is 17.3. The van der Waals surface area contributed by atoms with Crippen LogP contribution < -0.4 is 5.73 Å². The quantitative estimate of drug-likeness (QED) is 0.640. The van der Waals surface area contributed by atoms with Gasteiger partial charge in [-0.2, -0.15) is 0 Å². The molecule has 1 fully saturated rings. The van der Waals surface area contributed by atoms with Crippen molar-refractivity contribution in [2.24, 2.45) is 5.73 Å². The van der Waals surface area contributed by atoms with Gasteiger partial charge in [0.2, 0.25) is 0 Å². The highest BCUT2D eigenvalue weighted by Crippen LogP contribution is 2.33. The summed E-state index contributed by atoms with van der Waals surface area (Å²) in [5, 5.41) is 0. The van der Waals surface area contributed by atoms with Crippen molar-refractivity contribution in [3.05, 3.63) is 58.9 Å². The van der Waals surface area contributed by atoms with Gasteiger partial charge in [-0.15, -0.1) is 0 Å². The van der Waals surface area contributed by atoms with Gasteiger partial charge in [-0.25, -0.2) is 0 Å². The van der Waals surface area contributed by atoms with E-state index >= 15 is 0 Å². The molecule has 2 aliphatic heterocycles. The molecule has 0 amide bonds. The number of ether oxygens (including phenoxy) is 1. The van der Waals surface area contributed by atoms with Crippen molar-refractivity contribution < 1.29 is 9.53 Å². The maximum atomic E-state index is 11.3. The van der Waals surface area contributed by atoms with Crippen LogP contribution in [0, 0.1) is 0 Å². The Balaban J connectivity index is 1.75. The number of carbonyl (C=O) groups is 1. The minimum absolute atomic E-state index is 0.129. The average molecular weight is 326 g/mol. The topological polar surface area (TPSA) is 55.6 Å². The highest BCUT2D eigenvalue weighted by atomic mass is 16.5. The molecule has 2 N–H and O–H groups in total. The number of nitrogens with two attached hydrogens (primary N) is 1. The molecule has 3 rings (SSSR count). The van der Waals surface area contributed by atoms with Gasteiger partial charge in [0.05, 0.1) is 6.42 Å². The fraction of sp³-hybridized carbons (Fsp3) is 0.450. The summed E-state index contributed by atoms with van der Waals surface area (Å²) in [5.41, 5.74) is 12.8. The van der Waals surface area contributed by atoms with Crippen LogP contribution in [0.5, 0.6) is 0 Å². The van der Waals surface area contributed by atoms with Crippen LogP contribution >= 0.6 is 0 Å². The minimum atomic E-state index is -0.139. The summed E-state index contributed by atoms with van der Waals surface area (Å²) in [6, 6.07) is 0.129. The van der Waals surface area contributed by atoms with E-state index in [-0.39, 0.29) is 12.0 Å². The Bertz CT molecular complexity index is 682. The first-order valence-corrected chi connectivity index (χ1v) is 8.58. The molecule has 0 spiro atoms. The number of cyclic esters (lactones) is 1. The van der Waals surface area contributed by atoms with Gasteiger partial charge in [-0.3, -0.25) is 4.79 Å². The van der Waals surface area contributed by atoms with Gasteiger partial charge in [-0.1, -0.05) is 30.9 Å². The van der Waals surface area contributed by atoms with E-state index in [4.69, 9.17) is 10.5 Å². The van der Waals surface area contributed by atoms with Crippen molar-refractivity contribution in [1.29, 1.82) is 0 Å². The maximum absolute atomic E-state index is 11.3. The number of hydrogen-bond donors (Lipinski definition) is 1. The lowest BCUT2D eigenvalue weighted by Crippen LogP contribution is -2.27. The largest absolute Gasteiger partial charge is 0.461 e. The van der Waals surface area contributed by atoms with E-state index in [1.165, 1.54) is 23.1 Å². The van der Waals surface area contributed by atoms with E-state index in [0.29, 0.717) is 13.0 Å². The van der Waals surface area contributed by atoms with Crippen molar-refractivity contribution in [1.82, 2.24) is 4.90 Å². The first-order valence-electron chi connectivity index (χ1n) is 8.58. The molecule has 24 heavy (non-hydrogen) atoms. The molecule has 0 aromatic heterocycles. The lowest BCUT2D eigenvalue weighted by molar-refractivity contribution is -0.142. The van der Waals surface area contributed by atoms with Crippen LogP contribution in [-0.4, -0.2) is 36.6 Å². The molecule has 0 bridgehead atoms. The third-order valence-electron chi connectivity index (χ3n) is 5.15. The van der Waals surface area contributed by atoms with Crippen LogP contribution in [-0.2, 0) is 9.53 Å². The molecule has 0 radical (unpaired) electrons. The van der Waals surface area contributed by atoms with Crippen LogP contribution in [0.25, 0.3) is 0 Å². The molecule has 4 nitrogen and oxygen atoms in total. The van der Waals surface area contributed by atoms with Crippen molar-refractivity contribution in [3.8, 4) is 0 Å². The number of allylic oxidation sites excluding steroid dienone is 2. The number of nitrogens with zero attached hydrogens (tertiary/aromatic N) is 1. The smallest absolute Gasteiger partial charge is 0.310 e. The molecule has 128 valence electrons. The van der Waals surface area contributed by atoms with E-state index in [1.807, 2.05) is 6.92 Å². The standard InChI is InChI=1S/C20H26N2O2/c1-13-8-20(23)24-12-18(13)11-22-10-17(14(2)15(22)3)9-16-6-4-5-7-19(16)21/h6,9,19H,2-5,7-8,10-12,21H2,1H3/b17-9-/t19-/m0/s1. The lowest BCUT2D eigenvalue weighted by atomic mass is 9.92. The zero-order valence-electron chi connectivity index (χ0n) is 14.4. The molecule has 0 aromatic carbocycles. The van der Waals surface area contributed by atoms with Gasteiger partial charge in [-0.05, 0) is 48.5 Å². The predicted molar refractivity (Wildman–Crippen MR) is 96.1 cm³/mol. The SMILES string of the molecule is C=C1C(=C)N(CC2=C(C)CC(=O)OC2)C/C1=C/C1=CCCC[C@@H]1N. The molecule has 0 unspecified atom stereocenters. The predicted octanol–water partition coefficient (Wildman–Crippen LogP) is 3.00. The summed E-state index contributed by atoms with van der Waals surface area (Å²) in [6.45, 7) is 12.3. The molecule has 3 aliphatic rings. The summed E-state index contributed by atoms with van der Waals surface area (Å²) in [7, 11) is 0. The second-order valence-corrected chi connectivity index (χ2v) is 6.91. The molecule has 0 aromatic rings. The second kappa shape index (κ2) is 6.81. The van der Waals surface area contributed by atoms with Gasteiger partial charge in [0, 0.05) is 24.8 Å². The maximum Gasteiger partial charge on any atom is 0.310 e. The van der Waals surface area contributed by atoms with E-state index in [1.54, 1.807) is 0 Å². The number of likely N-dealkylation sites (tertiary alicyclic amines) is 1. The summed E-state index contributed by atoms with van der Waals surface area (Å²) in [4.78, 5) is 13.6. The number of esters is 1.